The Hall–Kier alpha value is -2.76. The second kappa shape index (κ2) is 9.37. The predicted molar refractivity (Wildman–Crippen MR) is 121 cm³/mol. The zero-order valence-electron chi connectivity index (χ0n) is 17.8. The number of carbonyl (C=O) groups excluding carboxylic acids is 1. The monoisotopic (exact) mass is 403 g/mol. The molecule has 1 aliphatic heterocycles. The molecule has 2 heterocycles. The molecule has 5 heteroatoms. The number of nitrogens with one attached hydrogen (secondary N) is 1. The van der Waals surface area contributed by atoms with Gasteiger partial charge in [0.2, 0.25) is 0 Å². The van der Waals surface area contributed by atoms with Crippen molar-refractivity contribution in [3.63, 3.8) is 0 Å². The summed E-state index contributed by atoms with van der Waals surface area (Å²) < 4.78 is 5.39. The van der Waals surface area contributed by atoms with Crippen molar-refractivity contribution in [3.05, 3.63) is 65.2 Å². The normalized spacial score (nSPS) is 14.7. The fourth-order valence-corrected chi connectivity index (χ4v) is 4.03. The van der Waals surface area contributed by atoms with E-state index >= 15 is 0 Å². The smallest absolute Gasteiger partial charge is 0.252 e. The number of rotatable bonds is 6. The minimum atomic E-state index is -0.0402. The molecule has 4 rings (SSSR count). The first-order valence-corrected chi connectivity index (χ1v) is 10.7. The van der Waals surface area contributed by atoms with E-state index in [1.807, 2.05) is 30.3 Å². The number of carbonyl (C=O) groups is 1. The minimum Gasteiger partial charge on any atom is -0.379 e. The molecule has 0 unspecified atom stereocenters. The summed E-state index contributed by atoms with van der Waals surface area (Å²) in [5, 5.41) is 3.99. The van der Waals surface area contributed by atoms with Crippen molar-refractivity contribution >= 4 is 16.8 Å². The van der Waals surface area contributed by atoms with Crippen molar-refractivity contribution < 1.29 is 9.53 Å². The Morgan fingerprint density at radius 1 is 1.10 bits per heavy atom. The van der Waals surface area contributed by atoms with E-state index < -0.39 is 0 Å². The quantitative estimate of drug-likeness (QED) is 0.633. The molecule has 0 aliphatic carbocycles. The molecule has 1 fully saturated rings. The highest BCUT2D eigenvalue weighted by Gasteiger charge is 2.15. The zero-order chi connectivity index (χ0) is 20.9. The van der Waals surface area contributed by atoms with Crippen molar-refractivity contribution in [1.82, 2.24) is 15.2 Å². The third-order valence-electron chi connectivity index (χ3n) is 5.66. The summed E-state index contributed by atoms with van der Waals surface area (Å²) in [7, 11) is 0. The molecule has 1 N–H and O–H groups in total. The van der Waals surface area contributed by atoms with Crippen LogP contribution >= 0.6 is 0 Å². The van der Waals surface area contributed by atoms with Crippen LogP contribution in [0.25, 0.3) is 22.2 Å². The second-order valence-electron chi connectivity index (χ2n) is 7.95. The summed E-state index contributed by atoms with van der Waals surface area (Å²) in [5.41, 5.74) is 5.80. The molecule has 30 heavy (non-hydrogen) atoms. The van der Waals surface area contributed by atoms with Gasteiger partial charge >= 0.3 is 0 Å². The first-order chi connectivity index (χ1) is 14.6. The molecule has 0 spiro atoms. The molecule has 0 bridgehead atoms. The largest absolute Gasteiger partial charge is 0.379 e. The molecule has 0 saturated carbocycles. The number of ether oxygens (including phenoxy) is 1. The van der Waals surface area contributed by atoms with Gasteiger partial charge in [-0.15, -0.1) is 0 Å². The molecule has 1 aliphatic rings. The maximum Gasteiger partial charge on any atom is 0.252 e. The Balaban J connectivity index is 1.53. The van der Waals surface area contributed by atoms with Gasteiger partial charge in [-0.25, -0.2) is 4.98 Å². The highest BCUT2D eigenvalue weighted by atomic mass is 16.5. The van der Waals surface area contributed by atoms with Crippen LogP contribution in [0.5, 0.6) is 0 Å². The van der Waals surface area contributed by atoms with Crippen molar-refractivity contribution in [2.75, 3.05) is 39.4 Å². The Morgan fingerprint density at radius 3 is 2.70 bits per heavy atom. The van der Waals surface area contributed by atoms with Crippen molar-refractivity contribution in [2.45, 2.75) is 20.3 Å². The lowest BCUT2D eigenvalue weighted by Gasteiger charge is -2.26. The Bertz CT molecular complexity index is 1040. The number of amides is 1. The highest BCUT2D eigenvalue weighted by molar-refractivity contribution is 6.07. The van der Waals surface area contributed by atoms with Gasteiger partial charge in [0.15, 0.2) is 0 Å². The molecule has 1 saturated heterocycles. The number of aromatic nitrogens is 1. The number of fused-ring (bicyclic) bond motifs is 1. The average molecular weight is 404 g/mol. The van der Waals surface area contributed by atoms with Crippen LogP contribution in [0.15, 0.2) is 48.5 Å². The maximum atomic E-state index is 13.1. The van der Waals surface area contributed by atoms with Gasteiger partial charge in [0.25, 0.3) is 5.91 Å². The van der Waals surface area contributed by atoms with Crippen molar-refractivity contribution in [3.8, 4) is 11.3 Å². The van der Waals surface area contributed by atoms with Gasteiger partial charge in [-0.1, -0.05) is 42.0 Å². The third kappa shape index (κ3) is 4.69. The summed E-state index contributed by atoms with van der Waals surface area (Å²) in [6, 6.07) is 16.1. The maximum absolute atomic E-state index is 13.1. The average Bonchev–Trinajstić information content (AvgIpc) is 2.76. The van der Waals surface area contributed by atoms with Gasteiger partial charge in [0.05, 0.1) is 30.0 Å². The van der Waals surface area contributed by atoms with E-state index in [1.54, 1.807) is 0 Å². The van der Waals surface area contributed by atoms with Gasteiger partial charge in [0.1, 0.15) is 0 Å². The number of nitrogens with zero attached hydrogens (tertiary/aromatic N) is 2. The summed E-state index contributed by atoms with van der Waals surface area (Å²) in [5.74, 6) is -0.0402. The first-order valence-electron chi connectivity index (χ1n) is 10.7. The molecule has 0 radical (unpaired) electrons. The van der Waals surface area contributed by atoms with E-state index in [-0.39, 0.29) is 5.91 Å². The van der Waals surface area contributed by atoms with Gasteiger partial charge in [-0.3, -0.25) is 9.69 Å². The number of benzene rings is 2. The lowest BCUT2D eigenvalue weighted by atomic mass is 9.99. The summed E-state index contributed by atoms with van der Waals surface area (Å²) in [6.07, 6.45) is 0.929. The van der Waals surface area contributed by atoms with Crippen LogP contribution in [-0.4, -0.2) is 55.2 Å². The Kier molecular flexibility index (Phi) is 6.41. The molecule has 5 nitrogen and oxygen atoms in total. The van der Waals surface area contributed by atoms with Crippen LogP contribution in [0, 0.1) is 13.8 Å². The molecule has 0 atom stereocenters. The number of hydrogen-bond acceptors (Lipinski definition) is 4. The number of pyridine rings is 1. The zero-order valence-corrected chi connectivity index (χ0v) is 17.8. The minimum absolute atomic E-state index is 0.0402. The molecular formula is C25H29N3O2. The summed E-state index contributed by atoms with van der Waals surface area (Å²) in [4.78, 5) is 20.3. The SMILES string of the molecule is Cc1ccc(-c2cc(C(=O)NCCCN3CCOCC3)c3ccccc3n2)c(C)c1. The fourth-order valence-electron chi connectivity index (χ4n) is 4.03. The standard InChI is InChI=1S/C25H29N3O2/c1-18-8-9-20(19(2)16-18)24-17-22(21-6-3-4-7-23(21)27-24)25(29)26-10-5-11-28-12-14-30-15-13-28/h3-4,6-9,16-17H,5,10-15H2,1-2H3,(H,26,29). The second-order valence-corrected chi connectivity index (χ2v) is 7.95. The highest BCUT2D eigenvalue weighted by Crippen LogP contribution is 2.27. The van der Waals surface area contributed by atoms with E-state index in [9.17, 15) is 4.79 Å². The molecule has 2 aromatic carbocycles. The first kappa shape index (κ1) is 20.5. The number of para-hydroxylation sites is 1. The van der Waals surface area contributed by atoms with Gasteiger partial charge < -0.3 is 10.1 Å². The van der Waals surface area contributed by atoms with Crippen LogP contribution in [0.4, 0.5) is 0 Å². The topological polar surface area (TPSA) is 54.5 Å². The molecule has 3 aromatic rings. The van der Waals surface area contributed by atoms with Crippen LogP contribution in [0.1, 0.15) is 27.9 Å². The summed E-state index contributed by atoms with van der Waals surface area (Å²) >= 11 is 0. The van der Waals surface area contributed by atoms with E-state index in [0.717, 1.165) is 67.0 Å². The molecule has 1 aromatic heterocycles. The lowest BCUT2D eigenvalue weighted by molar-refractivity contribution is 0.0374. The van der Waals surface area contributed by atoms with Crippen molar-refractivity contribution in [2.24, 2.45) is 0 Å². The van der Waals surface area contributed by atoms with Crippen LogP contribution in [0.2, 0.25) is 0 Å². The van der Waals surface area contributed by atoms with Crippen LogP contribution in [0.3, 0.4) is 0 Å². The number of hydrogen-bond donors (Lipinski definition) is 1. The number of morpholine rings is 1. The molecule has 1 amide bonds. The fraction of sp³-hybridized carbons (Fsp3) is 0.360. The van der Waals surface area contributed by atoms with Gasteiger partial charge in [-0.05, 0) is 44.5 Å². The van der Waals surface area contributed by atoms with Gasteiger partial charge in [0, 0.05) is 30.6 Å². The van der Waals surface area contributed by atoms with Gasteiger partial charge in [-0.2, -0.15) is 0 Å². The van der Waals surface area contributed by atoms with E-state index in [4.69, 9.17) is 9.72 Å². The van der Waals surface area contributed by atoms with E-state index in [1.165, 1.54) is 5.56 Å². The predicted octanol–water partition coefficient (Wildman–Crippen LogP) is 3.97. The molecular weight excluding hydrogens is 374 g/mol. The van der Waals surface area contributed by atoms with Crippen LogP contribution < -0.4 is 5.32 Å². The van der Waals surface area contributed by atoms with E-state index in [0.29, 0.717) is 12.1 Å². The van der Waals surface area contributed by atoms with Crippen LogP contribution in [-0.2, 0) is 4.74 Å². The van der Waals surface area contributed by atoms with Crippen molar-refractivity contribution in [1.29, 1.82) is 0 Å². The number of aryl methyl sites for hydroxylation is 2. The summed E-state index contributed by atoms with van der Waals surface area (Å²) in [6.45, 7) is 9.36. The van der Waals surface area contributed by atoms with E-state index in [2.05, 4.69) is 42.3 Å². The Morgan fingerprint density at radius 2 is 1.90 bits per heavy atom. The Labute approximate surface area is 178 Å². The lowest BCUT2D eigenvalue weighted by Crippen LogP contribution is -2.38. The molecule has 156 valence electrons. The third-order valence-corrected chi connectivity index (χ3v) is 5.66.